The minimum atomic E-state index is 0.249. The number of rotatable bonds is 9. The smallest absolute Gasteiger partial charge is 0.220 e. The average Bonchev–Trinajstić information content (AvgIpc) is 3.19. The number of piperidine rings is 1. The second kappa shape index (κ2) is 11.2. The number of thioether (sulfide) groups is 1. The summed E-state index contributed by atoms with van der Waals surface area (Å²) in [6.45, 7) is 8.70. The average molecular weight is 404 g/mol. The van der Waals surface area contributed by atoms with Gasteiger partial charge in [0.05, 0.1) is 0 Å². The monoisotopic (exact) mass is 403 g/mol. The lowest BCUT2D eigenvalue weighted by atomic mass is 9.92. The highest BCUT2D eigenvalue weighted by Crippen LogP contribution is 2.24. The van der Waals surface area contributed by atoms with Crippen LogP contribution >= 0.6 is 11.8 Å². The lowest BCUT2D eigenvalue weighted by molar-refractivity contribution is -0.121. The second-order valence-electron chi connectivity index (χ2n) is 8.34. The molecule has 2 fully saturated rings. The maximum absolute atomic E-state index is 12.3. The molecule has 2 saturated heterocycles. The molecule has 0 aliphatic carbocycles. The first-order valence-electron chi connectivity index (χ1n) is 11.0. The Morgan fingerprint density at radius 3 is 2.79 bits per heavy atom. The first-order valence-corrected chi connectivity index (χ1v) is 12.3. The molecule has 156 valence electrons. The number of carbonyl (C=O) groups excluding carboxylic acids is 1. The molecule has 4 nitrogen and oxygen atoms in total. The molecular weight excluding hydrogens is 366 g/mol. The van der Waals surface area contributed by atoms with E-state index in [-0.39, 0.29) is 5.91 Å². The van der Waals surface area contributed by atoms with Crippen LogP contribution in [-0.4, -0.2) is 60.7 Å². The topological polar surface area (TPSA) is 35.6 Å². The summed E-state index contributed by atoms with van der Waals surface area (Å²) >= 11 is 1.81. The predicted octanol–water partition coefficient (Wildman–Crippen LogP) is 4.00. The minimum absolute atomic E-state index is 0.249. The van der Waals surface area contributed by atoms with Crippen molar-refractivity contribution in [3.05, 3.63) is 29.8 Å². The second-order valence-corrected chi connectivity index (χ2v) is 9.22. The van der Waals surface area contributed by atoms with Gasteiger partial charge in [-0.2, -0.15) is 0 Å². The van der Waals surface area contributed by atoms with Crippen LogP contribution in [0.15, 0.2) is 29.2 Å². The van der Waals surface area contributed by atoms with Crippen molar-refractivity contribution >= 4 is 17.7 Å². The van der Waals surface area contributed by atoms with E-state index in [0.29, 0.717) is 18.4 Å². The van der Waals surface area contributed by atoms with Crippen LogP contribution in [0.2, 0.25) is 0 Å². The van der Waals surface area contributed by atoms with Gasteiger partial charge in [0.2, 0.25) is 5.91 Å². The SMILES string of the molecule is CCN1CCCC1CNC(=O)CCC1CCN(Cc2cccc(SC)c2)CC1. The Hall–Kier alpha value is -1.04. The molecular formula is C23H37N3OS. The third kappa shape index (κ3) is 6.50. The summed E-state index contributed by atoms with van der Waals surface area (Å²) in [4.78, 5) is 18.7. The lowest BCUT2D eigenvalue weighted by Crippen LogP contribution is -2.40. The number of amides is 1. The van der Waals surface area contributed by atoms with Crippen molar-refractivity contribution in [3.63, 3.8) is 0 Å². The zero-order valence-electron chi connectivity index (χ0n) is 17.7. The molecule has 2 heterocycles. The van der Waals surface area contributed by atoms with Crippen molar-refractivity contribution < 1.29 is 4.79 Å². The van der Waals surface area contributed by atoms with E-state index in [1.807, 2.05) is 11.8 Å². The van der Waals surface area contributed by atoms with Crippen LogP contribution in [0.1, 0.15) is 51.0 Å². The highest BCUT2D eigenvalue weighted by atomic mass is 32.2. The summed E-state index contributed by atoms with van der Waals surface area (Å²) in [6, 6.07) is 9.45. The number of benzene rings is 1. The van der Waals surface area contributed by atoms with Gasteiger partial charge in [0.15, 0.2) is 0 Å². The summed E-state index contributed by atoms with van der Waals surface area (Å²) in [5.41, 5.74) is 1.41. The Morgan fingerprint density at radius 2 is 2.04 bits per heavy atom. The molecule has 1 amide bonds. The molecule has 0 saturated carbocycles. The van der Waals surface area contributed by atoms with Gasteiger partial charge in [-0.15, -0.1) is 11.8 Å². The summed E-state index contributed by atoms with van der Waals surface area (Å²) in [7, 11) is 0. The normalized spacial score (nSPS) is 21.9. The Balaban J connectivity index is 1.31. The van der Waals surface area contributed by atoms with E-state index in [1.54, 1.807) is 0 Å². The quantitative estimate of drug-likeness (QED) is 0.632. The fourth-order valence-electron chi connectivity index (χ4n) is 4.66. The number of nitrogens with zero attached hydrogens (tertiary/aromatic N) is 2. The summed E-state index contributed by atoms with van der Waals surface area (Å²) in [6.07, 6.45) is 8.82. The van der Waals surface area contributed by atoms with E-state index < -0.39 is 0 Å². The van der Waals surface area contributed by atoms with Gasteiger partial charge in [0.1, 0.15) is 0 Å². The van der Waals surface area contributed by atoms with Crippen molar-refractivity contribution in [2.45, 2.75) is 62.9 Å². The molecule has 1 atom stereocenters. The van der Waals surface area contributed by atoms with Crippen LogP contribution in [0.25, 0.3) is 0 Å². The number of hydrogen-bond acceptors (Lipinski definition) is 4. The molecule has 1 aromatic carbocycles. The molecule has 1 unspecified atom stereocenters. The Bertz CT molecular complexity index is 616. The van der Waals surface area contributed by atoms with Gasteiger partial charge in [0.25, 0.3) is 0 Å². The standard InChI is InChI=1S/C23H37N3OS/c1-3-26-13-5-7-21(26)17-24-23(27)10-9-19-11-14-25(15-12-19)18-20-6-4-8-22(16-20)28-2/h4,6,8,16,19,21H,3,5,7,9-15,17-18H2,1-2H3,(H,24,27). The number of likely N-dealkylation sites (N-methyl/N-ethyl adjacent to an activating group) is 1. The molecule has 0 radical (unpaired) electrons. The number of nitrogens with one attached hydrogen (secondary N) is 1. The van der Waals surface area contributed by atoms with Crippen molar-refractivity contribution in [3.8, 4) is 0 Å². The highest BCUT2D eigenvalue weighted by Gasteiger charge is 2.24. The van der Waals surface area contributed by atoms with Crippen molar-refractivity contribution in [2.24, 2.45) is 5.92 Å². The first kappa shape index (κ1) is 21.7. The molecule has 3 rings (SSSR count). The van der Waals surface area contributed by atoms with E-state index in [4.69, 9.17) is 0 Å². The van der Waals surface area contributed by atoms with Gasteiger partial charge in [-0.05, 0) is 88.2 Å². The Labute approximate surface area is 175 Å². The van der Waals surface area contributed by atoms with E-state index in [9.17, 15) is 4.79 Å². The zero-order valence-corrected chi connectivity index (χ0v) is 18.5. The molecule has 5 heteroatoms. The van der Waals surface area contributed by atoms with Crippen LogP contribution in [0, 0.1) is 5.92 Å². The molecule has 0 spiro atoms. The van der Waals surface area contributed by atoms with Gasteiger partial charge in [-0.25, -0.2) is 0 Å². The van der Waals surface area contributed by atoms with Crippen LogP contribution in [0.5, 0.6) is 0 Å². The fraction of sp³-hybridized carbons (Fsp3) is 0.696. The van der Waals surface area contributed by atoms with E-state index >= 15 is 0 Å². The summed E-state index contributed by atoms with van der Waals surface area (Å²) in [5, 5.41) is 3.19. The van der Waals surface area contributed by atoms with Gasteiger partial charge < -0.3 is 5.32 Å². The van der Waals surface area contributed by atoms with E-state index in [2.05, 4.69) is 52.6 Å². The van der Waals surface area contributed by atoms with E-state index in [1.165, 1.54) is 42.7 Å². The number of carbonyl (C=O) groups is 1. The zero-order chi connectivity index (χ0) is 19.8. The van der Waals surface area contributed by atoms with Crippen LogP contribution in [0.3, 0.4) is 0 Å². The number of hydrogen-bond donors (Lipinski definition) is 1. The maximum Gasteiger partial charge on any atom is 0.220 e. The van der Waals surface area contributed by atoms with Crippen LogP contribution in [-0.2, 0) is 11.3 Å². The Kier molecular flexibility index (Phi) is 8.68. The van der Waals surface area contributed by atoms with Crippen molar-refractivity contribution in [2.75, 3.05) is 39.0 Å². The molecule has 2 aliphatic heterocycles. The van der Waals surface area contributed by atoms with Crippen LogP contribution < -0.4 is 5.32 Å². The lowest BCUT2D eigenvalue weighted by Gasteiger charge is -2.32. The molecule has 0 bridgehead atoms. The largest absolute Gasteiger partial charge is 0.355 e. The summed E-state index contributed by atoms with van der Waals surface area (Å²) < 4.78 is 0. The first-order chi connectivity index (χ1) is 13.7. The molecule has 2 aliphatic rings. The molecule has 28 heavy (non-hydrogen) atoms. The highest BCUT2D eigenvalue weighted by molar-refractivity contribution is 7.98. The number of likely N-dealkylation sites (tertiary alicyclic amines) is 2. The Morgan fingerprint density at radius 1 is 1.21 bits per heavy atom. The van der Waals surface area contributed by atoms with Gasteiger partial charge in [-0.3, -0.25) is 14.6 Å². The third-order valence-corrected chi connectivity index (χ3v) is 7.19. The molecule has 0 aromatic heterocycles. The maximum atomic E-state index is 12.3. The van der Waals surface area contributed by atoms with Gasteiger partial charge in [0, 0.05) is 30.4 Å². The molecule has 1 aromatic rings. The third-order valence-electron chi connectivity index (χ3n) is 6.47. The van der Waals surface area contributed by atoms with E-state index in [0.717, 1.165) is 39.1 Å². The van der Waals surface area contributed by atoms with Crippen molar-refractivity contribution in [1.29, 1.82) is 0 Å². The van der Waals surface area contributed by atoms with Crippen molar-refractivity contribution in [1.82, 2.24) is 15.1 Å². The summed E-state index contributed by atoms with van der Waals surface area (Å²) in [5.74, 6) is 0.956. The predicted molar refractivity (Wildman–Crippen MR) is 119 cm³/mol. The molecule has 1 N–H and O–H groups in total. The fourth-order valence-corrected chi connectivity index (χ4v) is 5.14. The van der Waals surface area contributed by atoms with Gasteiger partial charge in [-0.1, -0.05) is 19.1 Å². The van der Waals surface area contributed by atoms with Crippen LogP contribution in [0.4, 0.5) is 0 Å². The van der Waals surface area contributed by atoms with Gasteiger partial charge >= 0.3 is 0 Å². The minimum Gasteiger partial charge on any atom is -0.355 e.